The van der Waals surface area contributed by atoms with E-state index in [0.717, 1.165) is 144 Å². The van der Waals surface area contributed by atoms with Crippen LogP contribution in [0.3, 0.4) is 0 Å². The van der Waals surface area contributed by atoms with Crippen molar-refractivity contribution in [2.45, 2.75) is 98.1 Å². The maximum absolute atomic E-state index is 6.32. The molecular weight excluding hydrogens is 835 g/mol. The highest BCUT2D eigenvalue weighted by Crippen LogP contribution is 2.39. The Labute approximate surface area is 399 Å². The molecule has 0 saturated heterocycles. The molecule has 2 aromatic carbocycles. The molecule has 1 aliphatic carbocycles. The van der Waals surface area contributed by atoms with Crippen molar-refractivity contribution >= 4 is 64.8 Å². The number of rotatable bonds is 17. The number of fused-ring (bicyclic) bond motifs is 2. The largest absolute Gasteiger partial charge is 0.399 e. The number of allylic oxidation sites excluding steroid dienone is 2. The number of nitrogens with one attached hydrogen (secondary N) is 4. The molecule has 1 aliphatic heterocycles. The van der Waals surface area contributed by atoms with Gasteiger partial charge in [0.1, 0.15) is 5.84 Å². The van der Waals surface area contributed by atoms with Gasteiger partial charge in [-0.05, 0) is 157 Å². The van der Waals surface area contributed by atoms with Gasteiger partial charge in [0.05, 0.1) is 53.2 Å². The van der Waals surface area contributed by atoms with Crippen LogP contribution in [0.25, 0.3) is 17.1 Å². The summed E-state index contributed by atoms with van der Waals surface area (Å²) >= 11 is 0. The molecule has 3 aromatic rings. The average Bonchev–Trinajstić information content (AvgIpc) is 3.72. The zero-order valence-electron chi connectivity index (χ0n) is 40.7. The van der Waals surface area contributed by atoms with Crippen molar-refractivity contribution in [1.29, 1.82) is 0 Å². The first-order chi connectivity index (χ1) is 32.2. The molecule has 15 heteroatoms. The van der Waals surface area contributed by atoms with Gasteiger partial charge in [0.15, 0.2) is 0 Å². The number of anilines is 2. The Hall–Kier alpha value is -6.87. The second kappa shape index (κ2) is 24.6. The van der Waals surface area contributed by atoms with Crippen LogP contribution < -0.4 is 48.6 Å². The number of benzene rings is 2. The number of aliphatic imine (C=N–C) groups is 3. The molecule has 2 aliphatic rings. The molecule has 0 spiro atoms. The van der Waals surface area contributed by atoms with Crippen molar-refractivity contribution in [2.75, 3.05) is 43.3 Å². The Morgan fingerprint density at radius 3 is 1.94 bits per heavy atom. The van der Waals surface area contributed by atoms with E-state index in [4.69, 9.17) is 22.4 Å². The first-order valence-corrected chi connectivity index (χ1v) is 23.3. The summed E-state index contributed by atoms with van der Waals surface area (Å²) in [6, 6.07) is 10.8. The van der Waals surface area contributed by atoms with Gasteiger partial charge in [0.25, 0.3) is 0 Å². The van der Waals surface area contributed by atoms with Crippen LogP contribution in [-0.2, 0) is 19.4 Å². The van der Waals surface area contributed by atoms with Crippen LogP contribution in [0.15, 0.2) is 106 Å². The van der Waals surface area contributed by atoms with E-state index in [0.29, 0.717) is 38.0 Å². The number of nitrogens with zero attached hydrogens (tertiary/aromatic N) is 8. The second-order valence-corrected chi connectivity index (χ2v) is 17.5. The molecule has 1 aromatic heterocycles. The molecule has 0 amide bonds. The third kappa shape index (κ3) is 13.4. The number of nitrogens with two attached hydrogens (primary N) is 3. The zero-order valence-corrected chi connectivity index (χ0v) is 40.7. The fourth-order valence-corrected chi connectivity index (χ4v) is 8.96. The SMILES string of the molecule is C=Nc1cc(C(=C)N)cc2c1N(CNC(=C)/C(C)=C/C(C)=NC)C/C=C/CN(CNC(=C)c1cc(C)nn1CC)c1c(cc(C(=C)NC3CCC(/C(=N/N)NN)CC3)cc1N=C)CCCCC2. The normalized spacial score (nSPS) is 18.0. The molecular formula is C52H75N15. The molecule has 1 fully saturated rings. The van der Waals surface area contributed by atoms with Crippen molar-refractivity contribution in [2.24, 2.45) is 43.4 Å². The summed E-state index contributed by atoms with van der Waals surface area (Å²) in [5.41, 5.74) is 23.5. The van der Waals surface area contributed by atoms with Gasteiger partial charge in [-0.25, -0.2) is 5.84 Å². The van der Waals surface area contributed by atoms with Crippen LogP contribution in [0.4, 0.5) is 22.7 Å². The third-order valence-corrected chi connectivity index (χ3v) is 12.8. The first kappa shape index (κ1) is 51.1. The molecule has 0 radical (unpaired) electrons. The smallest absolute Gasteiger partial charge is 0.139 e. The molecule has 5 rings (SSSR count). The van der Waals surface area contributed by atoms with Gasteiger partial charge in [-0.2, -0.15) is 10.2 Å². The predicted octanol–water partition coefficient (Wildman–Crippen LogP) is 8.11. The first-order valence-electron chi connectivity index (χ1n) is 23.3. The summed E-state index contributed by atoms with van der Waals surface area (Å²) in [6.07, 6.45) is 14.6. The summed E-state index contributed by atoms with van der Waals surface area (Å²) in [5.74, 6) is 12.2. The van der Waals surface area contributed by atoms with Crippen molar-refractivity contribution in [3.8, 4) is 0 Å². The lowest BCUT2D eigenvalue weighted by atomic mass is 9.85. The van der Waals surface area contributed by atoms with E-state index in [1.54, 1.807) is 7.05 Å². The molecule has 67 heavy (non-hydrogen) atoms. The molecule has 0 unspecified atom stereocenters. The Morgan fingerprint density at radius 2 is 1.40 bits per heavy atom. The number of hydrogen-bond donors (Lipinski definition) is 7. The summed E-state index contributed by atoms with van der Waals surface area (Å²) in [4.78, 5) is 18.2. The van der Waals surface area contributed by atoms with Gasteiger partial charge in [-0.1, -0.05) is 44.9 Å². The van der Waals surface area contributed by atoms with Gasteiger partial charge in [-0.3, -0.25) is 19.7 Å². The Balaban J connectivity index is 1.54. The minimum atomic E-state index is 0.211. The third-order valence-electron chi connectivity index (χ3n) is 12.8. The van der Waals surface area contributed by atoms with Crippen LogP contribution in [0, 0.1) is 12.8 Å². The molecule has 10 N–H and O–H groups in total. The highest BCUT2D eigenvalue weighted by atomic mass is 15.3. The van der Waals surface area contributed by atoms with Crippen molar-refractivity contribution in [3.63, 3.8) is 0 Å². The maximum Gasteiger partial charge on any atom is 0.139 e. The predicted molar refractivity (Wildman–Crippen MR) is 286 cm³/mol. The topological polar surface area (TPSA) is 200 Å². The summed E-state index contributed by atoms with van der Waals surface area (Å²) in [5, 5.41) is 19.5. The van der Waals surface area contributed by atoms with Gasteiger partial charge in [-0.15, -0.1) is 0 Å². The van der Waals surface area contributed by atoms with Crippen molar-refractivity contribution in [1.82, 2.24) is 31.2 Å². The average molecular weight is 910 g/mol. The fraction of sp³-hybridized carbons (Fsp3) is 0.404. The van der Waals surface area contributed by atoms with Crippen LogP contribution in [0.5, 0.6) is 0 Å². The highest BCUT2D eigenvalue weighted by Gasteiger charge is 2.26. The summed E-state index contributed by atoms with van der Waals surface area (Å²) in [7, 11) is 1.79. The lowest BCUT2D eigenvalue weighted by molar-refractivity contribution is 0.362. The van der Waals surface area contributed by atoms with Gasteiger partial charge < -0.3 is 42.8 Å². The van der Waals surface area contributed by atoms with E-state index in [-0.39, 0.29) is 12.0 Å². The lowest BCUT2D eigenvalue weighted by Crippen LogP contribution is -2.41. The number of hydrazine groups is 1. The van der Waals surface area contributed by atoms with Gasteiger partial charge in [0, 0.05) is 61.4 Å². The molecule has 358 valence electrons. The number of aromatic nitrogens is 2. The molecule has 1 saturated carbocycles. The van der Waals surface area contributed by atoms with Crippen molar-refractivity contribution < 1.29 is 0 Å². The monoisotopic (exact) mass is 910 g/mol. The minimum Gasteiger partial charge on any atom is -0.399 e. The van der Waals surface area contributed by atoms with Crippen LogP contribution in [0.1, 0.15) is 99.4 Å². The fourth-order valence-electron chi connectivity index (χ4n) is 8.96. The summed E-state index contributed by atoms with van der Waals surface area (Å²) < 4.78 is 1.97. The van der Waals surface area contributed by atoms with E-state index in [1.165, 1.54) is 5.56 Å². The van der Waals surface area contributed by atoms with Crippen LogP contribution in [-0.4, -0.2) is 74.3 Å². The maximum atomic E-state index is 6.32. The lowest BCUT2D eigenvalue weighted by Gasteiger charge is -2.32. The minimum absolute atomic E-state index is 0.211. The van der Waals surface area contributed by atoms with E-state index >= 15 is 0 Å². The Bertz CT molecular complexity index is 2410. The Kier molecular flexibility index (Phi) is 18.8. The van der Waals surface area contributed by atoms with Gasteiger partial charge in [0.2, 0.25) is 0 Å². The van der Waals surface area contributed by atoms with Crippen LogP contribution >= 0.6 is 0 Å². The number of hydrogen-bond acceptors (Lipinski definition) is 13. The van der Waals surface area contributed by atoms with E-state index < -0.39 is 0 Å². The summed E-state index contributed by atoms with van der Waals surface area (Å²) in [6.45, 7) is 36.5. The number of amidine groups is 1. The van der Waals surface area contributed by atoms with E-state index in [2.05, 4.69) is 134 Å². The second-order valence-electron chi connectivity index (χ2n) is 17.5. The number of aryl methyl sites for hydroxylation is 4. The number of hydrazone groups is 1. The van der Waals surface area contributed by atoms with E-state index in [1.807, 2.05) is 37.6 Å². The van der Waals surface area contributed by atoms with Crippen LogP contribution in [0.2, 0.25) is 0 Å². The zero-order chi connectivity index (χ0) is 48.6. The van der Waals surface area contributed by atoms with Gasteiger partial charge >= 0.3 is 0 Å². The molecule has 0 atom stereocenters. The Morgan fingerprint density at radius 1 is 0.821 bits per heavy atom. The standard InChI is InChI=1S/C52H75N15/c1-12-67-49(27-36(4)64-67)40(8)60-33-66-25-17-16-24-65(32-59-38(6)34(2)26-35(3)56-9)50-42(28-44(37(5)53)30-47(50)57-10)18-14-13-15-19-43-29-45(31-48(58-11)51(43)66)39(7)61-46-22-20-41(21-23-46)52(62-54)63-55/h16-17,26-31,41,46,59-61H,5-8,10-15,18-25,32-33,53-55H2,1-4,9H3,(H,62,63)/b17-16+,34-26+,56-35?. The highest BCUT2D eigenvalue weighted by molar-refractivity contribution is 5.93. The molecule has 15 nitrogen and oxygen atoms in total. The van der Waals surface area contributed by atoms with E-state index in [9.17, 15) is 0 Å². The molecule has 2 heterocycles. The van der Waals surface area contributed by atoms with Crippen molar-refractivity contribution in [3.05, 3.63) is 120 Å². The quantitative estimate of drug-likeness (QED) is 0.0173. The molecule has 0 bridgehead atoms.